The first-order valence-corrected chi connectivity index (χ1v) is 7.83. The van der Waals surface area contributed by atoms with Crippen LogP contribution in [0, 0.1) is 6.92 Å². The molecule has 2 aromatic rings. The van der Waals surface area contributed by atoms with Gasteiger partial charge in [0.05, 0.1) is 6.61 Å². The van der Waals surface area contributed by atoms with Crippen molar-refractivity contribution in [1.29, 1.82) is 0 Å². The molecule has 0 saturated carbocycles. The smallest absolute Gasteiger partial charge is 0.123 e. The van der Waals surface area contributed by atoms with Crippen LogP contribution in [-0.4, -0.2) is 24.4 Å². The summed E-state index contributed by atoms with van der Waals surface area (Å²) in [6.07, 6.45) is 3.30. The van der Waals surface area contributed by atoms with Gasteiger partial charge in [-0.3, -0.25) is 0 Å². The van der Waals surface area contributed by atoms with Crippen LogP contribution in [0.4, 0.5) is 0 Å². The van der Waals surface area contributed by atoms with E-state index < -0.39 is 0 Å². The monoisotopic (exact) mass is 298 g/mol. The number of hydrogen-bond acceptors (Lipinski definition) is 3. The zero-order chi connectivity index (χ0) is 15.4. The van der Waals surface area contributed by atoms with Gasteiger partial charge in [0.25, 0.3) is 0 Å². The van der Waals surface area contributed by atoms with Crippen molar-refractivity contribution in [1.82, 2.24) is 0 Å². The third-order valence-electron chi connectivity index (χ3n) is 4.00. The van der Waals surface area contributed by atoms with E-state index in [4.69, 9.17) is 14.6 Å². The molecule has 2 aromatic carbocycles. The van der Waals surface area contributed by atoms with Crippen LogP contribution in [0.5, 0.6) is 11.5 Å². The molecule has 116 valence electrons. The molecule has 3 heteroatoms. The van der Waals surface area contributed by atoms with Crippen molar-refractivity contribution in [3.05, 3.63) is 59.2 Å². The molecule has 0 saturated heterocycles. The number of benzene rings is 2. The lowest BCUT2D eigenvalue weighted by molar-refractivity contribution is 0.201. The Labute approximate surface area is 131 Å². The van der Waals surface area contributed by atoms with E-state index in [9.17, 15) is 0 Å². The van der Waals surface area contributed by atoms with Crippen LogP contribution in [0.1, 0.15) is 23.1 Å². The summed E-state index contributed by atoms with van der Waals surface area (Å²) >= 11 is 0. The van der Waals surface area contributed by atoms with Gasteiger partial charge in [0.2, 0.25) is 0 Å². The Morgan fingerprint density at radius 3 is 2.77 bits per heavy atom. The maximum atomic E-state index is 8.74. The van der Waals surface area contributed by atoms with Crippen LogP contribution in [-0.2, 0) is 12.8 Å². The summed E-state index contributed by atoms with van der Waals surface area (Å²) in [6, 6.07) is 14.5. The highest BCUT2D eigenvalue weighted by atomic mass is 16.5. The number of fused-ring (bicyclic) bond motifs is 1. The number of ether oxygens (including phenoxy) is 2. The molecule has 3 rings (SSSR count). The van der Waals surface area contributed by atoms with Gasteiger partial charge in [-0.05, 0) is 54.7 Å². The average molecular weight is 298 g/mol. The zero-order valence-electron chi connectivity index (χ0n) is 12.9. The normalized spacial score (nSPS) is 16.2. The van der Waals surface area contributed by atoms with Crippen molar-refractivity contribution in [2.75, 3.05) is 13.2 Å². The van der Waals surface area contributed by atoms with Gasteiger partial charge in [-0.15, -0.1) is 0 Å². The van der Waals surface area contributed by atoms with E-state index in [1.807, 2.05) is 12.1 Å². The minimum absolute atomic E-state index is 0.0425. The number of rotatable bonds is 6. The van der Waals surface area contributed by atoms with Crippen molar-refractivity contribution in [2.24, 2.45) is 0 Å². The van der Waals surface area contributed by atoms with E-state index in [0.717, 1.165) is 30.8 Å². The molecular weight excluding hydrogens is 276 g/mol. The quantitative estimate of drug-likeness (QED) is 0.889. The third-order valence-corrected chi connectivity index (χ3v) is 4.00. The summed E-state index contributed by atoms with van der Waals surface area (Å²) in [5.41, 5.74) is 3.85. The fourth-order valence-electron chi connectivity index (χ4n) is 2.81. The summed E-state index contributed by atoms with van der Waals surface area (Å²) in [6.45, 7) is 2.48. The van der Waals surface area contributed by atoms with Gasteiger partial charge in [-0.1, -0.05) is 24.3 Å². The molecular formula is C19H22O3. The van der Waals surface area contributed by atoms with Crippen LogP contribution >= 0.6 is 0 Å². The van der Waals surface area contributed by atoms with Crippen LogP contribution in [0.3, 0.4) is 0 Å². The molecule has 0 bridgehead atoms. The lowest BCUT2D eigenvalue weighted by Gasteiger charge is -2.11. The predicted octanol–water partition coefficient (Wildman–Crippen LogP) is 3.30. The molecule has 0 aliphatic carbocycles. The van der Waals surface area contributed by atoms with Gasteiger partial charge in [0.15, 0.2) is 0 Å². The molecule has 1 N–H and O–H groups in total. The maximum Gasteiger partial charge on any atom is 0.123 e. The first-order valence-electron chi connectivity index (χ1n) is 7.83. The van der Waals surface area contributed by atoms with E-state index in [0.29, 0.717) is 6.61 Å². The minimum atomic E-state index is 0.0425. The second kappa shape index (κ2) is 6.84. The van der Waals surface area contributed by atoms with Crippen LogP contribution < -0.4 is 9.47 Å². The highest BCUT2D eigenvalue weighted by molar-refractivity contribution is 5.40. The molecule has 22 heavy (non-hydrogen) atoms. The number of aryl methyl sites for hydroxylation is 2. The van der Waals surface area contributed by atoms with Crippen molar-refractivity contribution in [3.63, 3.8) is 0 Å². The van der Waals surface area contributed by atoms with Crippen molar-refractivity contribution >= 4 is 0 Å². The first kappa shape index (κ1) is 14.9. The first-order chi connectivity index (χ1) is 10.7. The molecule has 0 radical (unpaired) electrons. The third kappa shape index (κ3) is 3.60. The van der Waals surface area contributed by atoms with Gasteiger partial charge in [0.1, 0.15) is 24.2 Å². The minimum Gasteiger partial charge on any atom is -0.491 e. The van der Waals surface area contributed by atoms with Crippen molar-refractivity contribution < 1.29 is 14.6 Å². The van der Waals surface area contributed by atoms with Crippen molar-refractivity contribution in [3.8, 4) is 11.5 Å². The van der Waals surface area contributed by atoms with Gasteiger partial charge in [0, 0.05) is 6.42 Å². The molecule has 3 nitrogen and oxygen atoms in total. The second-order valence-corrected chi connectivity index (χ2v) is 5.81. The van der Waals surface area contributed by atoms with Crippen molar-refractivity contribution in [2.45, 2.75) is 32.3 Å². The summed E-state index contributed by atoms with van der Waals surface area (Å²) in [4.78, 5) is 0. The molecule has 1 aliphatic heterocycles. The Kier molecular flexibility index (Phi) is 4.64. The standard InChI is InChI=1S/C19H22O3/c1-14-2-6-16-13-18(22-19(16)12-14)9-5-15-3-7-17(8-4-15)21-11-10-20/h2-4,6-8,12,18,20H,5,9-11,13H2,1H3. The predicted molar refractivity (Wildman–Crippen MR) is 86.6 cm³/mol. The lowest BCUT2D eigenvalue weighted by Crippen LogP contribution is -2.13. The molecule has 1 atom stereocenters. The van der Waals surface area contributed by atoms with Crippen LogP contribution in [0.15, 0.2) is 42.5 Å². The van der Waals surface area contributed by atoms with E-state index >= 15 is 0 Å². The second-order valence-electron chi connectivity index (χ2n) is 5.81. The van der Waals surface area contributed by atoms with Gasteiger partial charge >= 0.3 is 0 Å². The number of aliphatic hydroxyl groups excluding tert-OH is 1. The van der Waals surface area contributed by atoms with E-state index in [2.05, 4.69) is 37.3 Å². The Balaban J connectivity index is 1.51. The summed E-state index contributed by atoms with van der Waals surface area (Å²) in [5.74, 6) is 1.86. The summed E-state index contributed by atoms with van der Waals surface area (Å²) in [7, 11) is 0. The average Bonchev–Trinajstić information content (AvgIpc) is 2.94. The molecule has 0 amide bonds. The Morgan fingerprint density at radius 2 is 2.00 bits per heavy atom. The molecule has 0 fully saturated rings. The van der Waals surface area contributed by atoms with Crippen LogP contribution in [0.25, 0.3) is 0 Å². The number of aliphatic hydroxyl groups is 1. The lowest BCUT2D eigenvalue weighted by atomic mass is 10.0. The molecule has 1 unspecified atom stereocenters. The molecule has 1 aliphatic rings. The van der Waals surface area contributed by atoms with E-state index in [-0.39, 0.29) is 12.7 Å². The van der Waals surface area contributed by atoms with Gasteiger partial charge in [-0.25, -0.2) is 0 Å². The van der Waals surface area contributed by atoms with Gasteiger partial charge in [-0.2, -0.15) is 0 Å². The zero-order valence-corrected chi connectivity index (χ0v) is 12.9. The molecule has 1 heterocycles. The molecule has 0 spiro atoms. The van der Waals surface area contributed by atoms with Gasteiger partial charge < -0.3 is 14.6 Å². The Bertz CT molecular complexity index is 619. The summed E-state index contributed by atoms with van der Waals surface area (Å²) < 4.78 is 11.4. The largest absolute Gasteiger partial charge is 0.491 e. The SMILES string of the molecule is Cc1ccc2c(c1)OC(CCc1ccc(OCCO)cc1)C2. The fourth-order valence-corrected chi connectivity index (χ4v) is 2.81. The number of hydrogen-bond donors (Lipinski definition) is 1. The Hall–Kier alpha value is -2.00. The van der Waals surface area contributed by atoms with E-state index in [1.54, 1.807) is 0 Å². The van der Waals surface area contributed by atoms with Crippen LogP contribution in [0.2, 0.25) is 0 Å². The highest BCUT2D eigenvalue weighted by Crippen LogP contribution is 2.31. The van der Waals surface area contributed by atoms with E-state index in [1.165, 1.54) is 16.7 Å². The summed E-state index contributed by atoms with van der Waals surface area (Å²) in [5, 5.41) is 8.74. The molecule has 0 aromatic heterocycles. The Morgan fingerprint density at radius 1 is 1.18 bits per heavy atom. The maximum absolute atomic E-state index is 8.74. The fraction of sp³-hybridized carbons (Fsp3) is 0.368. The topological polar surface area (TPSA) is 38.7 Å². The highest BCUT2D eigenvalue weighted by Gasteiger charge is 2.22.